The minimum atomic E-state index is -0.431. The monoisotopic (exact) mass is 342 g/mol. The third-order valence-corrected chi connectivity index (χ3v) is 3.57. The van der Waals surface area contributed by atoms with Gasteiger partial charge in [-0.25, -0.2) is 0 Å². The van der Waals surface area contributed by atoms with E-state index in [1.54, 1.807) is 55.9 Å². The number of aromatic nitrogens is 1. The van der Waals surface area contributed by atoms with E-state index in [1.165, 1.54) is 0 Å². The first kappa shape index (κ1) is 18.6. The largest absolute Gasteiger partial charge is 0.383 e. The SMILES string of the molecule is COCCNC(=O)CC(N)c1ccc(C(=O)Nc2ccncc2)cc1. The topological polar surface area (TPSA) is 106 Å². The first-order chi connectivity index (χ1) is 12.1. The van der Waals surface area contributed by atoms with Crippen LogP contribution in [-0.4, -0.2) is 37.1 Å². The van der Waals surface area contributed by atoms with Crippen LogP contribution in [0.2, 0.25) is 0 Å². The number of nitrogens with one attached hydrogen (secondary N) is 2. The predicted molar refractivity (Wildman–Crippen MR) is 95.1 cm³/mol. The molecule has 0 aliphatic carbocycles. The van der Waals surface area contributed by atoms with Gasteiger partial charge in [0.1, 0.15) is 0 Å². The van der Waals surface area contributed by atoms with Crippen LogP contribution in [0.5, 0.6) is 0 Å². The normalized spacial score (nSPS) is 11.6. The lowest BCUT2D eigenvalue weighted by Crippen LogP contribution is -2.30. The lowest BCUT2D eigenvalue weighted by molar-refractivity contribution is -0.121. The van der Waals surface area contributed by atoms with Gasteiger partial charge in [-0.3, -0.25) is 14.6 Å². The van der Waals surface area contributed by atoms with E-state index in [0.29, 0.717) is 24.4 Å². The van der Waals surface area contributed by atoms with E-state index in [4.69, 9.17) is 10.5 Å². The number of rotatable bonds is 8. The summed E-state index contributed by atoms with van der Waals surface area (Å²) in [5.41, 5.74) is 8.03. The number of anilines is 1. The van der Waals surface area contributed by atoms with Crippen LogP contribution in [-0.2, 0) is 9.53 Å². The molecule has 132 valence electrons. The minimum Gasteiger partial charge on any atom is -0.383 e. The summed E-state index contributed by atoms with van der Waals surface area (Å²) in [5, 5.41) is 5.51. The Hall–Kier alpha value is -2.77. The second-order valence-electron chi connectivity index (χ2n) is 5.47. The van der Waals surface area contributed by atoms with E-state index in [9.17, 15) is 9.59 Å². The molecule has 0 fully saturated rings. The fourth-order valence-electron chi connectivity index (χ4n) is 2.20. The number of methoxy groups -OCH3 is 1. The van der Waals surface area contributed by atoms with E-state index in [2.05, 4.69) is 15.6 Å². The van der Waals surface area contributed by atoms with E-state index >= 15 is 0 Å². The van der Waals surface area contributed by atoms with Crippen LogP contribution >= 0.6 is 0 Å². The van der Waals surface area contributed by atoms with Crippen molar-refractivity contribution in [1.29, 1.82) is 0 Å². The lowest BCUT2D eigenvalue weighted by atomic mass is 10.0. The molecule has 1 heterocycles. The van der Waals surface area contributed by atoms with E-state index in [0.717, 1.165) is 5.56 Å². The molecule has 7 heteroatoms. The number of benzene rings is 1. The Morgan fingerprint density at radius 3 is 2.48 bits per heavy atom. The first-order valence-corrected chi connectivity index (χ1v) is 7.92. The number of ether oxygens (including phenoxy) is 1. The average Bonchev–Trinajstić information content (AvgIpc) is 2.63. The average molecular weight is 342 g/mol. The van der Waals surface area contributed by atoms with Gasteiger partial charge in [0.25, 0.3) is 5.91 Å². The van der Waals surface area contributed by atoms with Crippen LogP contribution in [0.4, 0.5) is 5.69 Å². The number of carbonyl (C=O) groups excluding carboxylic acids is 2. The van der Waals surface area contributed by atoms with Crippen LogP contribution in [0.15, 0.2) is 48.8 Å². The number of hydrogen-bond donors (Lipinski definition) is 3. The van der Waals surface area contributed by atoms with Crippen LogP contribution in [0, 0.1) is 0 Å². The zero-order chi connectivity index (χ0) is 18.1. The molecule has 4 N–H and O–H groups in total. The Labute approximate surface area is 146 Å². The van der Waals surface area contributed by atoms with Crippen molar-refractivity contribution >= 4 is 17.5 Å². The van der Waals surface area contributed by atoms with Gasteiger partial charge in [-0.15, -0.1) is 0 Å². The van der Waals surface area contributed by atoms with E-state index in [-0.39, 0.29) is 18.2 Å². The summed E-state index contributed by atoms with van der Waals surface area (Å²) in [6, 6.07) is 9.89. The highest BCUT2D eigenvalue weighted by molar-refractivity contribution is 6.04. The molecular weight excluding hydrogens is 320 g/mol. The maximum Gasteiger partial charge on any atom is 0.255 e. The van der Waals surface area contributed by atoms with Crippen molar-refractivity contribution in [2.75, 3.05) is 25.6 Å². The molecule has 0 aliphatic heterocycles. The maximum absolute atomic E-state index is 12.2. The summed E-state index contributed by atoms with van der Waals surface area (Å²) in [6.07, 6.45) is 3.39. The summed E-state index contributed by atoms with van der Waals surface area (Å²) >= 11 is 0. The highest BCUT2D eigenvalue weighted by atomic mass is 16.5. The number of pyridine rings is 1. The summed E-state index contributed by atoms with van der Waals surface area (Å²) in [6.45, 7) is 0.915. The molecule has 1 unspecified atom stereocenters. The Bertz CT molecular complexity index is 689. The molecule has 2 rings (SSSR count). The Balaban J connectivity index is 1.90. The van der Waals surface area contributed by atoms with Gasteiger partial charge in [0, 0.05) is 49.8 Å². The highest BCUT2D eigenvalue weighted by Gasteiger charge is 2.13. The molecule has 2 aromatic rings. The van der Waals surface area contributed by atoms with E-state index in [1.807, 2.05) is 0 Å². The van der Waals surface area contributed by atoms with Gasteiger partial charge >= 0.3 is 0 Å². The summed E-state index contributed by atoms with van der Waals surface area (Å²) in [5.74, 6) is -0.354. The first-order valence-electron chi connectivity index (χ1n) is 7.92. The molecule has 2 amide bonds. The fourth-order valence-corrected chi connectivity index (χ4v) is 2.20. The predicted octanol–water partition coefficient (Wildman–Crippen LogP) is 1.49. The molecule has 0 radical (unpaired) electrons. The van der Waals surface area contributed by atoms with Crippen molar-refractivity contribution in [2.24, 2.45) is 5.73 Å². The summed E-state index contributed by atoms with van der Waals surface area (Å²) in [7, 11) is 1.57. The number of amides is 2. The minimum absolute atomic E-state index is 0.135. The molecule has 0 bridgehead atoms. The second kappa shape index (κ2) is 9.51. The Kier molecular flexibility index (Phi) is 7.06. The highest BCUT2D eigenvalue weighted by Crippen LogP contribution is 2.16. The van der Waals surface area contributed by atoms with Crippen LogP contribution in [0.25, 0.3) is 0 Å². The van der Waals surface area contributed by atoms with Crippen molar-refractivity contribution in [3.8, 4) is 0 Å². The standard InChI is InChI=1S/C18H22N4O3/c1-25-11-10-21-17(23)12-16(19)13-2-4-14(5-3-13)18(24)22-15-6-8-20-9-7-15/h2-9,16H,10-12,19H2,1H3,(H,21,23)(H,20,22,24). The fraction of sp³-hybridized carbons (Fsp3) is 0.278. The van der Waals surface area contributed by atoms with Crippen LogP contribution < -0.4 is 16.4 Å². The molecule has 0 saturated carbocycles. The van der Waals surface area contributed by atoms with Gasteiger partial charge in [-0.2, -0.15) is 0 Å². The van der Waals surface area contributed by atoms with Gasteiger partial charge in [0.05, 0.1) is 6.61 Å². The number of hydrogen-bond acceptors (Lipinski definition) is 5. The molecule has 1 atom stereocenters. The maximum atomic E-state index is 12.2. The van der Waals surface area contributed by atoms with Gasteiger partial charge in [-0.05, 0) is 29.8 Å². The smallest absolute Gasteiger partial charge is 0.255 e. The van der Waals surface area contributed by atoms with Crippen molar-refractivity contribution in [2.45, 2.75) is 12.5 Å². The van der Waals surface area contributed by atoms with Crippen molar-refractivity contribution in [3.63, 3.8) is 0 Å². The van der Waals surface area contributed by atoms with Gasteiger partial charge < -0.3 is 21.1 Å². The zero-order valence-electron chi connectivity index (χ0n) is 14.1. The van der Waals surface area contributed by atoms with Crippen LogP contribution in [0.1, 0.15) is 28.4 Å². The summed E-state index contributed by atoms with van der Waals surface area (Å²) < 4.78 is 4.87. The third-order valence-electron chi connectivity index (χ3n) is 3.57. The van der Waals surface area contributed by atoms with Crippen molar-refractivity contribution in [3.05, 3.63) is 59.9 Å². The zero-order valence-corrected chi connectivity index (χ0v) is 14.1. The number of carbonyl (C=O) groups is 2. The number of nitrogens with zero attached hydrogens (tertiary/aromatic N) is 1. The molecule has 0 saturated heterocycles. The lowest BCUT2D eigenvalue weighted by Gasteiger charge is -2.13. The number of nitrogens with two attached hydrogens (primary N) is 1. The van der Waals surface area contributed by atoms with Gasteiger partial charge in [0.15, 0.2) is 0 Å². The molecular formula is C18H22N4O3. The van der Waals surface area contributed by atoms with E-state index < -0.39 is 6.04 Å². The Morgan fingerprint density at radius 2 is 1.84 bits per heavy atom. The van der Waals surface area contributed by atoms with Gasteiger partial charge in [0.2, 0.25) is 5.91 Å². The molecule has 25 heavy (non-hydrogen) atoms. The van der Waals surface area contributed by atoms with Gasteiger partial charge in [-0.1, -0.05) is 12.1 Å². The Morgan fingerprint density at radius 1 is 1.16 bits per heavy atom. The molecule has 7 nitrogen and oxygen atoms in total. The molecule has 0 aliphatic rings. The van der Waals surface area contributed by atoms with Crippen LogP contribution in [0.3, 0.4) is 0 Å². The molecule has 1 aromatic heterocycles. The molecule has 0 spiro atoms. The van der Waals surface area contributed by atoms with Crippen molar-refractivity contribution in [1.82, 2.24) is 10.3 Å². The van der Waals surface area contributed by atoms with Crippen molar-refractivity contribution < 1.29 is 14.3 Å². The summed E-state index contributed by atoms with van der Waals surface area (Å²) in [4.78, 5) is 27.8. The quantitative estimate of drug-likeness (QED) is 0.630. The molecule has 1 aromatic carbocycles. The third kappa shape index (κ3) is 5.98. The second-order valence-corrected chi connectivity index (χ2v) is 5.47.